The average Bonchev–Trinajstić information content (AvgIpc) is 2.46. The summed E-state index contributed by atoms with van der Waals surface area (Å²) in [6.45, 7) is 2.15. The summed E-state index contributed by atoms with van der Waals surface area (Å²) in [6.07, 6.45) is 3.24. The Morgan fingerprint density at radius 3 is 2.80 bits per heavy atom. The second-order valence-corrected chi connectivity index (χ2v) is 4.10. The van der Waals surface area contributed by atoms with E-state index in [4.69, 9.17) is 5.26 Å². The van der Waals surface area contributed by atoms with Gasteiger partial charge in [0.15, 0.2) is 0 Å². The van der Waals surface area contributed by atoms with Gasteiger partial charge in [0.1, 0.15) is 5.69 Å². The summed E-state index contributed by atoms with van der Waals surface area (Å²) in [4.78, 5) is 18.7. The van der Waals surface area contributed by atoms with Crippen LogP contribution in [0.15, 0.2) is 30.6 Å². The van der Waals surface area contributed by atoms with Crippen LogP contribution in [0.4, 0.5) is 11.4 Å². The Morgan fingerprint density at radius 1 is 1.40 bits per heavy atom. The fraction of sp³-hybridized carbons (Fsp3) is 0.154. The molecule has 0 fully saturated rings. The quantitative estimate of drug-likeness (QED) is 0.673. The van der Waals surface area contributed by atoms with Gasteiger partial charge in [0.2, 0.25) is 0 Å². The molecule has 100 valence electrons. The molecule has 7 nitrogen and oxygen atoms in total. The number of aromatic nitrogens is 2. The van der Waals surface area contributed by atoms with Crippen molar-refractivity contribution in [1.29, 1.82) is 5.26 Å². The van der Waals surface area contributed by atoms with Crippen LogP contribution in [0.2, 0.25) is 0 Å². The number of hydrogen-bond acceptors (Lipinski definition) is 6. The van der Waals surface area contributed by atoms with Crippen LogP contribution in [0.3, 0.4) is 0 Å². The molecule has 0 aliphatic carbocycles. The monoisotopic (exact) mass is 269 g/mol. The molecule has 0 unspecified atom stereocenters. The van der Waals surface area contributed by atoms with E-state index in [1.54, 1.807) is 12.4 Å². The van der Waals surface area contributed by atoms with Crippen molar-refractivity contribution >= 4 is 11.4 Å². The Kier molecular flexibility index (Phi) is 3.86. The van der Waals surface area contributed by atoms with Gasteiger partial charge in [-0.15, -0.1) is 0 Å². The van der Waals surface area contributed by atoms with Crippen molar-refractivity contribution < 1.29 is 4.92 Å². The van der Waals surface area contributed by atoms with Crippen molar-refractivity contribution in [2.75, 3.05) is 5.32 Å². The van der Waals surface area contributed by atoms with Crippen molar-refractivity contribution in [3.05, 3.63) is 57.7 Å². The van der Waals surface area contributed by atoms with Crippen molar-refractivity contribution in [1.82, 2.24) is 9.97 Å². The number of hydrogen-bond donors (Lipinski definition) is 1. The average molecular weight is 269 g/mol. The third-order valence-electron chi connectivity index (χ3n) is 2.62. The number of nitro benzene ring substituents is 1. The van der Waals surface area contributed by atoms with Crippen molar-refractivity contribution in [3.8, 4) is 6.07 Å². The topological polar surface area (TPSA) is 105 Å². The Hall–Kier alpha value is -3.01. The molecule has 0 saturated heterocycles. The van der Waals surface area contributed by atoms with Gasteiger partial charge in [-0.2, -0.15) is 5.26 Å². The van der Waals surface area contributed by atoms with Gasteiger partial charge < -0.3 is 5.32 Å². The zero-order chi connectivity index (χ0) is 14.5. The van der Waals surface area contributed by atoms with Crippen LogP contribution in [-0.2, 0) is 6.54 Å². The molecule has 2 aromatic rings. The van der Waals surface area contributed by atoms with Gasteiger partial charge in [0.05, 0.1) is 40.7 Å². The first-order valence-corrected chi connectivity index (χ1v) is 5.80. The molecule has 0 bridgehead atoms. The van der Waals surface area contributed by atoms with Gasteiger partial charge in [-0.05, 0) is 19.1 Å². The molecule has 2 rings (SSSR count). The third-order valence-corrected chi connectivity index (χ3v) is 2.62. The second-order valence-electron chi connectivity index (χ2n) is 4.10. The van der Waals surface area contributed by atoms with Gasteiger partial charge in [0.25, 0.3) is 5.69 Å². The predicted molar refractivity (Wildman–Crippen MR) is 71.9 cm³/mol. The highest BCUT2D eigenvalue weighted by Gasteiger charge is 2.14. The fourth-order valence-electron chi connectivity index (χ4n) is 1.60. The van der Waals surface area contributed by atoms with Crippen molar-refractivity contribution in [3.63, 3.8) is 0 Å². The maximum Gasteiger partial charge on any atom is 0.293 e. The van der Waals surface area contributed by atoms with Crippen LogP contribution in [0.5, 0.6) is 0 Å². The van der Waals surface area contributed by atoms with E-state index in [0.717, 1.165) is 5.69 Å². The number of benzene rings is 1. The van der Waals surface area contributed by atoms with E-state index in [0.29, 0.717) is 17.9 Å². The summed E-state index contributed by atoms with van der Waals surface area (Å²) in [5, 5.41) is 22.7. The number of nitro groups is 1. The van der Waals surface area contributed by atoms with Crippen LogP contribution in [-0.4, -0.2) is 14.9 Å². The first-order chi connectivity index (χ1) is 9.60. The summed E-state index contributed by atoms with van der Waals surface area (Å²) in [6, 6.07) is 6.15. The van der Waals surface area contributed by atoms with E-state index in [1.807, 2.05) is 13.0 Å². The van der Waals surface area contributed by atoms with Crippen LogP contribution < -0.4 is 5.32 Å². The van der Waals surface area contributed by atoms with Crippen molar-refractivity contribution in [2.24, 2.45) is 0 Å². The van der Waals surface area contributed by atoms with E-state index in [1.165, 1.54) is 18.2 Å². The standard InChI is InChI=1S/C13H11N5O2/c1-9-6-16-11(7-15-9)8-17-12-3-2-10(5-14)4-13(12)18(19)20/h2-4,6-7,17H,8H2,1H3. The number of anilines is 1. The summed E-state index contributed by atoms with van der Waals surface area (Å²) in [5.41, 5.74) is 1.94. The zero-order valence-electron chi connectivity index (χ0n) is 10.7. The number of nitrogens with zero attached hydrogens (tertiary/aromatic N) is 4. The highest BCUT2D eigenvalue weighted by Crippen LogP contribution is 2.25. The van der Waals surface area contributed by atoms with E-state index in [9.17, 15) is 10.1 Å². The second kappa shape index (κ2) is 5.75. The number of nitriles is 1. The Morgan fingerprint density at radius 2 is 2.20 bits per heavy atom. The van der Waals surface area contributed by atoms with Gasteiger partial charge >= 0.3 is 0 Å². The largest absolute Gasteiger partial charge is 0.374 e. The SMILES string of the molecule is Cc1cnc(CNc2ccc(C#N)cc2[N+](=O)[O-])cn1. The van der Waals surface area contributed by atoms with Crippen LogP contribution >= 0.6 is 0 Å². The maximum absolute atomic E-state index is 11.0. The number of rotatable bonds is 4. The molecule has 0 saturated carbocycles. The van der Waals surface area contributed by atoms with Gasteiger partial charge in [-0.1, -0.05) is 0 Å². The molecule has 1 aromatic heterocycles. The first-order valence-electron chi connectivity index (χ1n) is 5.80. The van der Waals surface area contributed by atoms with E-state index >= 15 is 0 Å². The highest BCUT2D eigenvalue weighted by atomic mass is 16.6. The normalized spacial score (nSPS) is 9.80. The Balaban J connectivity index is 2.19. The maximum atomic E-state index is 11.0. The molecule has 7 heteroatoms. The van der Waals surface area contributed by atoms with Gasteiger partial charge in [-0.3, -0.25) is 20.1 Å². The van der Waals surface area contributed by atoms with Gasteiger partial charge in [0, 0.05) is 12.3 Å². The van der Waals surface area contributed by atoms with E-state index < -0.39 is 4.92 Å². The summed E-state index contributed by atoms with van der Waals surface area (Å²) >= 11 is 0. The predicted octanol–water partition coefficient (Wildman–Crippen LogP) is 2.18. The number of aryl methyl sites for hydroxylation is 1. The molecule has 1 N–H and O–H groups in total. The lowest BCUT2D eigenvalue weighted by atomic mass is 10.2. The van der Waals surface area contributed by atoms with Crippen molar-refractivity contribution in [2.45, 2.75) is 13.5 Å². The minimum absolute atomic E-state index is 0.135. The van der Waals surface area contributed by atoms with E-state index in [2.05, 4.69) is 15.3 Å². The lowest BCUT2D eigenvalue weighted by Crippen LogP contribution is -2.05. The summed E-state index contributed by atoms with van der Waals surface area (Å²) in [7, 11) is 0. The molecule has 0 aliphatic rings. The summed E-state index contributed by atoms with van der Waals surface area (Å²) < 4.78 is 0. The molecule has 0 aliphatic heterocycles. The Labute approximate surface area is 115 Å². The molecule has 1 aromatic carbocycles. The molecular weight excluding hydrogens is 258 g/mol. The lowest BCUT2D eigenvalue weighted by molar-refractivity contribution is -0.384. The highest BCUT2D eigenvalue weighted by molar-refractivity contribution is 5.64. The summed E-state index contributed by atoms with van der Waals surface area (Å²) in [5.74, 6) is 0. The minimum atomic E-state index is -0.524. The van der Waals surface area contributed by atoms with Crippen LogP contribution in [0.25, 0.3) is 0 Å². The fourth-order valence-corrected chi connectivity index (χ4v) is 1.60. The molecule has 20 heavy (non-hydrogen) atoms. The number of nitrogens with one attached hydrogen (secondary N) is 1. The molecule has 0 amide bonds. The molecule has 0 atom stereocenters. The third kappa shape index (κ3) is 3.05. The molecule has 1 heterocycles. The van der Waals surface area contributed by atoms with Crippen LogP contribution in [0, 0.1) is 28.4 Å². The zero-order valence-corrected chi connectivity index (χ0v) is 10.7. The molecule has 0 spiro atoms. The lowest BCUT2D eigenvalue weighted by Gasteiger charge is -2.06. The smallest absolute Gasteiger partial charge is 0.293 e. The molecule has 0 radical (unpaired) electrons. The van der Waals surface area contributed by atoms with Crippen LogP contribution in [0.1, 0.15) is 17.0 Å². The Bertz CT molecular complexity index is 676. The van der Waals surface area contributed by atoms with Gasteiger partial charge in [-0.25, -0.2) is 0 Å². The van der Waals surface area contributed by atoms with E-state index in [-0.39, 0.29) is 11.3 Å². The molecular formula is C13H11N5O2. The first kappa shape index (κ1) is 13.4. The minimum Gasteiger partial charge on any atom is -0.374 e.